The van der Waals surface area contributed by atoms with Crippen molar-refractivity contribution in [2.75, 3.05) is 0 Å². The lowest BCUT2D eigenvalue weighted by molar-refractivity contribution is -0.156. The van der Waals surface area contributed by atoms with Crippen molar-refractivity contribution in [3.05, 3.63) is 60.7 Å². The van der Waals surface area contributed by atoms with Gasteiger partial charge in [0.1, 0.15) is 0 Å². The number of cyclic esters (lactones) is 4. The van der Waals surface area contributed by atoms with E-state index in [1.54, 1.807) is 0 Å². The Morgan fingerprint density at radius 2 is 0.889 bits per heavy atom. The molecule has 4 bridgehead atoms. The molecule has 0 N–H and O–H groups in total. The molecule has 2 aromatic carbocycles. The van der Waals surface area contributed by atoms with Crippen molar-refractivity contribution in [2.45, 2.75) is 63.0 Å². The van der Waals surface area contributed by atoms with E-state index in [0.717, 1.165) is 36.1 Å². The molecule has 10 unspecified atom stereocenters. The third-order valence-corrected chi connectivity index (χ3v) is 26.0. The number of ether oxygens (including phenoxy) is 2. The van der Waals surface area contributed by atoms with Crippen molar-refractivity contribution in [3.63, 3.8) is 0 Å². The van der Waals surface area contributed by atoms with Gasteiger partial charge in [-0.3, -0.25) is 19.2 Å². The standard InChI is InChI=1S/C34H40O8Si3/c1-43(2,25-17-19-15-23(25)29-27(19)31(35)39-33(29)37)41-45(21-11-7-5-8-12-21,22-13-9-6-10-14-22)42-44(3,4)26-18-20-16-24(26)30-28(20)32(36)40-34(30)38/h5-14,19-20,23-30H,15-18H2,1-4H3. The molecule has 0 radical (unpaired) electrons. The van der Waals surface area contributed by atoms with Gasteiger partial charge in [-0.1, -0.05) is 60.7 Å². The Morgan fingerprint density at radius 3 is 1.27 bits per heavy atom. The molecule has 6 fully saturated rings. The first kappa shape index (κ1) is 29.7. The van der Waals surface area contributed by atoms with Gasteiger partial charge >= 0.3 is 32.4 Å². The molecule has 4 aliphatic carbocycles. The average molecular weight is 661 g/mol. The van der Waals surface area contributed by atoms with Gasteiger partial charge in [-0.25, -0.2) is 0 Å². The quantitative estimate of drug-likeness (QED) is 0.237. The maximum absolute atomic E-state index is 12.8. The van der Waals surface area contributed by atoms with E-state index in [1.807, 2.05) is 36.4 Å². The van der Waals surface area contributed by atoms with E-state index in [-0.39, 0.29) is 82.3 Å². The van der Waals surface area contributed by atoms with Gasteiger partial charge in [0.2, 0.25) is 0 Å². The van der Waals surface area contributed by atoms with Gasteiger partial charge in [0.05, 0.1) is 23.7 Å². The minimum atomic E-state index is -3.38. The van der Waals surface area contributed by atoms with Crippen LogP contribution < -0.4 is 10.4 Å². The number of benzene rings is 2. The van der Waals surface area contributed by atoms with Crippen molar-refractivity contribution >= 4 is 59.4 Å². The van der Waals surface area contributed by atoms with Gasteiger partial charge in [0, 0.05) is 0 Å². The third kappa shape index (κ3) is 4.33. The molecule has 6 aliphatic rings. The number of carbonyl (C=O) groups is 4. The summed E-state index contributed by atoms with van der Waals surface area (Å²) >= 11 is 0. The summed E-state index contributed by atoms with van der Waals surface area (Å²) in [6.07, 6.45) is 3.48. The second-order valence-electron chi connectivity index (χ2n) is 15.3. The van der Waals surface area contributed by atoms with Crippen LogP contribution in [-0.4, -0.2) is 49.1 Å². The van der Waals surface area contributed by atoms with E-state index in [1.165, 1.54) is 0 Å². The molecule has 2 saturated heterocycles. The smallest absolute Gasteiger partial charge is 0.386 e. The van der Waals surface area contributed by atoms with E-state index in [9.17, 15) is 19.2 Å². The summed E-state index contributed by atoms with van der Waals surface area (Å²) < 4.78 is 25.8. The van der Waals surface area contributed by atoms with Crippen LogP contribution in [0.1, 0.15) is 25.7 Å². The van der Waals surface area contributed by atoms with Gasteiger partial charge in [0.25, 0.3) is 0 Å². The molecule has 0 aromatic heterocycles. The second-order valence-corrected chi connectivity index (χ2v) is 27.3. The average Bonchev–Trinajstić information content (AvgIpc) is 3.85. The Morgan fingerprint density at radius 1 is 0.533 bits per heavy atom. The first-order valence-corrected chi connectivity index (χ1v) is 24.2. The largest absolute Gasteiger partial charge is 0.430 e. The topological polar surface area (TPSA) is 105 Å². The summed E-state index contributed by atoms with van der Waals surface area (Å²) in [7, 11) is -8.60. The molecule has 236 valence electrons. The van der Waals surface area contributed by atoms with Crippen LogP contribution in [0.25, 0.3) is 0 Å². The van der Waals surface area contributed by atoms with Crippen LogP contribution in [0.5, 0.6) is 0 Å². The number of hydrogen-bond acceptors (Lipinski definition) is 8. The zero-order valence-electron chi connectivity index (χ0n) is 26.1. The predicted octanol–water partition coefficient (Wildman–Crippen LogP) is 4.14. The Hall–Kier alpha value is -2.71. The van der Waals surface area contributed by atoms with E-state index in [0.29, 0.717) is 0 Å². The van der Waals surface area contributed by atoms with Crippen LogP contribution >= 0.6 is 0 Å². The van der Waals surface area contributed by atoms with E-state index >= 15 is 0 Å². The monoisotopic (exact) mass is 660 g/mol. The molecular formula is C34H40O8Si3. The van der Waals surface area contributed by atoms with Crippen LogP contribution in [0.15, 0.2) is 60.7 Å². The Balaban J connectivity index is 1.18. The maximum Gasteiger partial charge on any atom is 0.386 e. The van der Waals surface area contributed by atoms with E-state index < -0.39 is 25.2 Å². The first-order chi connectivity index (χ1) is 21.4. The van der Waals surface area contributed by atoms with Crippen LogP contribution in [0.2, 0.25) is 37.3 Å². The van der Waals surface area contributed by atoms with Crippen LogP contribution in [0.3, 0.4) is 0 Å². The maximum atomic E-state index is 12.8. The number of rotatable bonds is 8. The van der Waals surface area contributed by atoms with E-state index in [4.69, 9.17) is 17.7 Å². The molecular weight excluding hydrogens is 621 g/mol. The number of carbonyl (C=O) groups excluding carboxylic acids is 4. The number of hydrogen-bond donors (Lipinski definition) is 0. The fourth-order valence-corrected chi connectivity index (χ4v) is 26.4. The highest BCUT2D eigenvalue weighted by atomic mass is 28.5. The predicted molar refractivity (Wildman–Crippen MR) is 171 cm³/mol. The van der Waals surface area contributed by atoms with Crippen molar-refractivity contribution in [3.8, 4) is 0 Å². The normalized spacial score (nSPS) is 36.8. The summed E-state index contributed by atoms with van der Waals surface area (Å²) in [5, 5.41) is 2.09. The molecule has 8 rings (SSSR count). The van der Waals surface area contributed by atoms with Crippen molar-refractivity contribution < 1.29 is 36.9 Å². The number of esters is 4. The lowest BCUT2D eigenvalue weighted by Gasteiger charge is -2.49. The molecule has 8 nitrogen and oxygen atoms in total. The first-order valence-electron chi connectivity index (χ1n) is 16.4. The molecule has 2 aromatic rings. The minimum Gasteiger partial charge on any atom is -0.430 e. The van der Waals surface area contributed by atoms with Gasteiger partial charge in [-0.15, -0.1) is 0 Å². The molecule has 0 amide bonds. The van der Waals surface area contributed by atoms with Gasteiger partial charge in [-0.2, -0.15) is 0 Å². The SMILES string of the molecule is C[Si](C)(O[Si](O[Si](C)(C)C1CC2CC1C1C(=O)OC(=O)C21)(c1ccccc1)c1ccccc1)C1CC2CC1C1C(=O)OC(=O)C21. The summed E-state index contributed by atoms with van der Waals surface area (Å²) in [5.74, 6) is -2.23. The minimum absolute atomic E-state index is 0.0811. The fraction of sp³-hybridized carbons (Fsp3) is 0.529. The molecule has 45 heavy (non-hydrogen) atoms. The van der Waals surface area contributed by atoms with Gasteiger partial charge in [0.15, 0.2) is 16.6 Å². The molecule has 0 spiro atoms. The highest BCUT2D eigenvalue weighted by Crippen LogP contribution is 2.65. The van der Waals surface area contributed by atoms with Crippen LogP contribution in [0.4, 0.5) is 0 Å². The highest BCUT2D eigenvalue weighted by Gasteiger charge is 2.69. The Kier molecular flexibility index (Phi) is 6.69. The van der Waals surface area contributed by atoms with Gasteiger partial charge in [-0.05, 0) is 97.0 Å². The van der Waals surface area contributed by atoms with Crippen molar-refractivity contribution in [1.82, 2.24) is 0 Å². The van der Waals surface area contributed by atoms with Crippen LogP contribution in [0, 0.1) is 47.3 Å². The second kappa shape index (κ2) is 10.1. The molecule has 2 aliphatic heterocycles. The molecule has 10 atom stereocenters. The molecule has 4 saturated carbocycles. The van der Waals surface area contributed by atoms with E-state index in [2.05, 4.69) is 50.5 Å². The summed E-state index contributed by atoms with van der Waals surface area (Å²) in [6.45, 7) is 9.07. The summed E-state index contributed by atoms with van der Waals surface area (Å²) in [4.78, 5) is 50.8. The summed E-state index contributed by atoms with van der Waals surface area (Å²) in [6, 6.07) is 20.7. The molecule has 11 heteroatoms. The summed E-state index contributed by atoms with van der Waals surface area (Å²) in [5.41, 5.74) is 0.384. The van der Waals surface area contributed by atoms with Crippen molar-refractivity contribution in [1.29, 1.82) is 0 Å². The Labute approximate surface area is 266 Å². The zero-order valence-corrected chi connectivity index (χ0v) is 29.1. The van der Waals surface area contributed by atoms with Crippen LogP contribution in [-0.2, 0) is 36.9 Å². The lowest BCUT2D eigenvalue weighted by Crippen LogP contribution is -2.71. The lowest BCUT2D eigenvalue weighted by atomic mass is 9.81. The highest BCUT2D eigenvalue weighted by molar-refractivity contribution is 7.02. The number of fused-ring (bicyclic) bond motifs is 10. The molecule has 2 heterocycles. The van der Waals surface area contributed by atoms with Gasteiger partial charge < -0.3 is 17.7 Å². The zero-order chi connectivity index (χ0) is 31.5. The third-order valence-electron chi connectivity index (χ3n) is 12.4. The van der Waals surface area contributed by atoms with Crippen molar-refractivity contribution in [2.24, 2.45) is 47.3 Å². The fourth-order valence-electron chi connectivity index (χ4n) is 10.7. The Bertz CT molecular complexity index is 1460.